The second-order valence-corrected chi connectivity index (χ2v) is 9.82. The molecule has 12 heteroatoms. The first-order valence-corrected chi connectivity index (χ1v) is 11.8. The lowest BCUT2D eigenvalue weighted by atomic mass is 10.2. The van der Waals surface area contributed by atoms with E-state index in [2.05, 4.69) is 26.8 Å². The molecule has 0 N–H and O–H groups in total. The average Bonchev–Trinajstić information content (AvgIpc) is 2.79. The van der Waals surface area contributed by atoms with Gasteiger partial charge in [0.15, 0.2) is 0 Å². The summed E-state index contributed by atoms with van der Waals surface area (Å²) in [6.07, 6.45) is -3.25. The highest BCUT2D eigenvalue weighted by molar-refractivity contribution is 7.89. The van der Waals surface area contributed by atoms with Gasteiger partial charge in [-0.15, -0.1) is 0 Å². The van der Waals surface area contributed by atoms with E-state index in [9.17, 15) is 21.6 Å². The summed E-state index contributed by atoms with van der Waals surface area (Å²) < 4.78 is 67.0. The van der Waals surface area contributed by atoms with E-state index in [-0.39, 0.29) is 13.1 Å². The van der Waals surface area contributed by atoms with Crippen molar-refractivity contribution in [3.63, 3.8) is 0 Å². The number of alkyl halides is 3. The number of nitrogens with zero attached hydrogens (tertiary/aromatic N) is 6. The Labute approximate surface area is 185 Å². The molecule has 4 rings (SSSR count). The highest BCUT2D eigenvalue weighted by atomic mass is 32.2. The van der Waals surface area contributed by atoms with Gasteiger partial charge < -0.3 is 14.7 Å². The molecule has 0 saturated carbocycles. The lowest BCUT2D eigenvalue weighted by molar-refractivity contribution is -0.139. The van der Waals surface area contributed by atoms with E-state index in [0.717, 1.165) is 48.4 Å². The van der Waals surface area contributed by atoms with Gasteiger partial charge in [-0.2, -0.15) is 17.5 Å². The molecule has 0 atom stereocenters. The SMILES string of the molecule is CN1CCN(c2cc(N3CCN(S(=O)(=O)c4ccccc4C(F)(F)F)CC3)ncn2)CC1. The third-order valence-corrected chi connectivity index (χ3v) is 7.80. The maximum Gasteiger partial charge on any atom is 0.417 e. The van der Waals surface area contributed by atoms with Crippen molar-refractivity contribution in [2.75, 3.05) is 69.2 Å². The summed E-state index contributed by atoms with van der Waals surface area (Å²) in [5.41, 5.74) is -1.14. The molecular formula is C20H25F3N6O2S. The molecule has 1 aromatic heterocycles. The average molecular weight is 471 g/mol. The maximum absolute atomic E-state index is 13.3. The van der Waals surface area contributed by atoms with Gasteiger partial charge in [-0.05, 0) is 19.2 Å². The van der Waals surface area contributed by atoms with Crippen molar-refractivity contribution in [3.8, 4) is 0 Å². The molecule has 0 amide bonds. The topological polar surface area (TPSA) is 72.9 Å². The smallest absolute Gasteiger partial charge is 0.354 e. The Morgan fingerprint density at radius 3 is 1.94 bits per heavy atom. The van der Waals surface area contributed by atoms with E-state index in [1.807, 2.05) is 11.0 Å². The van der Waals surface area contributed by atoms with Crippen LogP contribution in [0.25, 0.3) is 0 Å². The van der Waals surface area contributed by atoms with E-state index in [1.165, 1.54) is 18.5 Å². The van der Waals surface area contributed by atoms with Crippen LogP contribution in [0.4, 0.5) is 24.8 Å². The maximum atomic E-state index is 13.3. The van der Waals surface area contributed by atoms with Crippen LogP contribution in [0.1, 0.15) is 5.56 Å². The summed E-state index contributed by atoms with van der Waals surface area (Å²) in [6.45, 7) is 4.39. The second-order valence-electron chi connectivity index (χ2n) is 7.91. The van der Waals surface area contributed by atoms with Crippen LogP contribution < -0.4 is 9.80 Å². The van der Waals surface area contributed by atoms with Crippen LogP contribution in [-0.2, 0) is 16.2 Å². The molecular weight excluding hydrogens is 445 g/mol. The molecule has 8 nitrogen and oxygen atoms in total. The van der Waals surface area contributed by atoms with Crippen LogP contribution in [0, 0.1) is 0 Å². The highest BCUT2D eigenvalue weighted by Crippen LogP contribution is 2.35. The van der Waals surface area contributed by atoms with Gasteiger partial charge in [0.05, 0.1) is 10.5 Å². The third kappa shape index (κ3) is 4.66. The fourth-order valence-corrected chi connectivity index (χ4v) is 5.58. The van der Waals surface area contributed by atoms with Gasteiger partial charge in [0.25, 0.3) is 0 Å². The number of piperazine rings is 2. The van der Waals surface area contributed by atoms with Crippen molar-refractivity contribution in [1.29, 1.82) is 0 Å². The quantitative estimate of drug-likeness (QED) is 0.674. The van der Waals surface area contributed by atoms with Gasteiger partial charge in [0.1, 0.15) is 18.0 Å². The van der Waals surface area contributed by atoms with E-state index in [1.54, 1.807) is 0 Å². The molecule has 2 aliphatic heterocycles. The Balaban J connectivity index is 1.47. The standard InChI is InChI=1S/C20H25F3N6O2S/c1-26-6-8-27(9-7-26)18-14-19(25-15-24-18)28-10-12-29(13-11-28)32(30,31)17-5-3-2-4-16(17)20(21,22)23/h2-5,14-15H,6-13H2,1H3. The van der Waals surface area contributed by atoms with Crippen molar-refractivity contribution in [1.82, 2.24) is 19.2 Å². The Morgan fingerprint density at radius 2 is 1.38 bits per heavy atom. The Kier molecular flexibility index (Phi) is 6.28. The molecule has 1 aromatic carbocycles. The zero-order valence-corrected chi connectivity index (χ0v) is 18.5. The van der Waals surface area contributed by atoms with Gasteiger partial charge >= 0.3 is 6.18 Å². The van der Waals surface area contributed by atoms with Crippen LogP contribution in [0.3, 0.4) is 0 Å². The first kappa shape index (κ1) is 22.7. The molecule has 2 aliphatic rings. The molecule has 3 heterocycles. The summed E-state index contributed by atoms with van der Waals surface area (Å²) >= 11 is 0. The Morgan fingerprint density at radius 1 is 0.844 bits per heavy atom. The molecule has 0 spiro atoms. The number of hydrogen-bond acceptors (Lipinski definition) is 7. The van der Waals surface area contributed by atoms with Crippen LogP contribution >= 0.6 is 0 Å². The van der Waals surface area contributed by atoms with Crippen molar-refractivity contribution < 1.29 is 21.6 Å². The lowest BCUT2D eigenvalue weighted by Crippen LogP contribution is -2.49. The van der Waals surface area contributed by atoms with Gasteiger partial charge in [0.2, 0.25) is 10.0 Å². The second kappa shape index (κ2) is 8.83. The number of benzene rings is 1. The number of halogens is 3. The first-order valence-electron chi connectivity index (χ1n) is 10.3. The largest absolute Gasteiger partial charge is 0.417 e. The molecule has 0 unspecified atom stereocenters. The van der Waals surface area contributed by atoms with Crippen LogP contribution in [0.15, 0.2) is 41.6 Å². The number of sulfonamides is 1. The van der Waals surface area contributed by atoms with Gasteiger partial charge in [0, 0.05) is 58.4 Å². The van der Waals surface area contributed by atoms with Gasteiger partial charge in [-0.1, -0.05) is 12.1 Å². The van der Waals surface area contributed by atoms with Crippen LogP contribution in [0.5, 0.6) is 0 Å². The minimum Gasteiger partial charge on any atom is -0.354 e. The minimum absolute atomic E-state index is 0.0718. The third-order valence-electron chi connectivity index (χ3n) is 5.84. The van der Waals surface area contributed by atoms with E-state index in [0.29, 0.717) is 18.9 Å². The van der Waals surface area contributed by atoms with E-state index >= 15 is 0 Å². The molecule has 174 valence electrons. The van der Waals surface area contributed by atoms with E-state index in [4.69, 9.17) is 0 Å². The summed E-state index contributed by atoms with van der Waals surface area (Å²) in [7, 11) is -2.20. The molecule has 0 radical (unpaired) electrons. The van der Waals surface area contributed by atoms with Gasteiger partial charge in [-0.25, -0.2) is 18.4 Å². The number of rotatable bonds is 4. The number of aromatic nitrogens is 2. The van der Waals surface area contributed by atoms with Crippen LogP contribution in [0.2, 0.25) is 0 Å². The fraction of sp³-hybridized carbons (Fsp3) is 0.500. The summed E-state index contributed by atoms with van der Waals surface area (Å²) in [5, 5.41) is 0. The Hall–Kier alpha value is -2.44. The number of likely N-dealkylation sites (N-methyl/N-ethyl adjacent to an activating group) is 1. The molecule has 2 saturated heterocycles. The molecule has 0 bridgehead atoms. The lowest BCUT2D eigenvalue weighted by Gasteiger charge is -2.36. The van der Waals surface area contributed by atoms with Crippen molar-refractivity contribution in [2.24, 2.45) is 0 Å². The molecule has 32 heavy (non-hydrogen) atoms. The normalized spacial score (nSPS) is 19.4. The van der Waals surface area contributed by atoms with Crippen molar-refractivity contribution in [3.05, 3.63) is 42.2 Å². The molecule has 0 aliphatic carbocycles. The summed E-state index contributed by atoms with van der Waals surface area (Å²) in [5.74, 6) is 1.50. The highest BCUT2D eigenvalue weighted by Gasteiger charge is 2.39. The van der Waals surface area contributed by atoms with Crippen molar-refractivity contribution >= 4 is 21.7 Å². The minimum atomic E-state index is -4.74. The Bertz CT molecular complexity index is 1050. The summed E-state index contributed by atoms with van der Waals surface area (Å²) in [4.78, 5) is 14.3. The predicted octanol–water partition coefficient (Wildman–Crippen LogP) is 1.76. The zero-order valence-electron chi connectivity index (χ0n) is 17.7. The van der Waals surface area contributed by atoms with Gasteiger partial charge in [-0.3, -0.25) is 0 Å². The predicted molar refractivity (Wildman–Crippen MR) is 114 cm³/mol. The number of hydrogen-bond donors (Lipinski definition) is 0. The molecule has 2 aromatic rings. The van der Waals surface area contributed by atoms with Crippen LogP contribution in [-0.4, -0.2) is 87.0 Å². The van der Waals surface area contributed by atoms with Crippen molar-refractivity contribution in [2.45, 2.75) is 11.1 Å². The summed E-state index contributed by atoms with van der Waals surface area (Å²) in [6, 6.07) is 6.18. The number of anilines is 2. The monoisotopic (exact) mass is 470 g/mol. The first-order chi connectivity index (χ1) is 15.2. The van der Waals surface area contributed by atoms with E-state index < -0.39 is 26.7 Å². The molecule has 2 fully saturated rings. The zero-order chi connectivity index (χ0) is 22.9. The fourth-order valence-electron chi connectivity index (χ4n) is 3.94.